The molecule has 2 amide bonds. The first-order chi connectivity index (χ1) is 10.9. The lowest BCUT2D eigenvalue weighted by Crippen LogP contribution is -2.30. The fraction of sp³-hybridized carbons (Fsp3) is 0.267. The molecule has 1 heterocycles. The first kappa shape index (κ1) is 17.3. The monoisotopic (exact) mass is 344 g/mol. The highest BCUT2D eigenvalue weighted by Crippen LogP contribution is 2.29. The molecule has 2 aromatic rings. The van der Waals surface area contributed by atoms with E-state index < -0.39 is 23.9 Å². The van der Waals surface area contributed by atoms with E-state index in [1.807, 2.05) is 10.8 Å². The lowest BCUT2D eigenvalue weighted by molar-refractivity contribution is -0.137. The molecule has 1 atom stereocenters. The summed E-state index contributed by atoms with van der Waals surface area (Å²) >= 11 is 1.47. The van der Waals surface area contributed by atoms with Crippen molar-refractivity contribution in [3.63, 3.8) is 0 Å². The average Bonchev–Trinajstić information content (AvgIpc) is 3.01. The Kier molecular flexibility index (Phi) is 5.62. The number of thiophene rings is 1. The van der Waals surface area contributed by atoms with Gasteiger partial charge in [0, 0.05) is 12.2 Å². The van der Waals surface area contributed by atoms with E-state index in [0.717, 1.165) is 17.7 Å². The Morgan fingerprint density at radius 2 is 1.91 bits per heavy atom. The number of carbonyl (C=O) groups excluding carboxylic acids is 1. The third-order valence-electron chi connectivity index (χ3n) is 3.10. The fourth-order valence-electron chi connectivity index (χ4n) is 1.87. The third-order valence-corrected chi connectivity index (χ3v) is 3.80. The minimum atomic E-state index is -4.40. The van der Waals surface area contributed by atoms with E-state index in [1.165, 1.54) is 23.5 Å². The molecule has 23 heavy (non-hydrogen) atoms. The zero-order valence-corrected chi connectivity index (χ0v) is 12.7. The van der Waals surface area contributed by atoms with Gasteiger partial charge in [0.05, 0.1) is 11.7 Å². The van der Waals surface area contributed by atoms with Gasteiger partial charge in [-0.25, -0.2) is 4.79 Å². The van der Waals surface area contributed by atoms with Gasteiger partial charge in [-0.3, -0.25) is 0 Å². The average molecular weight is 344 g/mol. The number of halogens is 3. The number of carbonyl (C=O) groups is 1. The third kappa shape index (κ3) is 5.26. The van der Waals surface area contributed by atoms with Crippen LogP contribution < -0.4 is 10.6 Å². The topological polar surface area (TPSA) is 61.4 Å². The number of amides is 2. The number of hydrogen-bond donors (Lipinski definition) is 3. The summed E-state index contributed by atoms with van der Waals surface area (Å²) in [6.07, 6.45) is -4.72. The van der Waals surface area contributed by atoms with Crippen LogP contribution in [0.3, 0.4) is 0 Å². The van der Waals surface area contributed by atoms with Crippen LogP contribution in [0.4, 0.5) is 23.7 Å². The van der Waals surface area contributed by atoms with Crippen molar-refractivity contribution in [3.05, 3.63) is 52.2 Å². The lowest BCUT2D eigenvalue weighted by atomic mass is 10.1. The molecule has 0 bridgehead atoms. The van der Waals surface area contributed by atoms with E-state index in [1.54, 1.807) is 6.07 Å². The number of anilines is 1. The smallest absolute Gasteiger partial charge is 0.388 e. The molecule has 8 heteroatoms. The quantitative estimate of drug-likeness (QED) is 0.767. The largest absolute Gasteiger partial charge is 0.416 e. The second kappa shape index (κ2) is 7.47. The van der Waals surface area contributed by atoms with Gasteiger partial charge in [0.15, 0.2) is 0 Å². The summed E-state index contributed by atoms with van der Waals surface area (Å²) in [7, 11) is 0. The molecular formula is C15H15F3N2O2S. The van der Waals surface area contributed by atoms with Gasteiger partial charge < -0.3 is 15.7 Å². The van der Waals surface area contributed by atoms with Crippen molar-refractivity contribution in [3.8, 4) is 0 Å². The zero-order valence-electron chi connectivity index (χ0n) is 11.9. The molecule has 0 saturated heterocycles. The Morgan fingerprint density at radius 1 is 1.22 bits per heavy atom. The number of urea groups is 1. The molecule has 3 N–H and O–H groups in total. The summed E-state index contributed by atoms with van der Waals surface area (Å²) in [6, 6.07) is 5.43. The number of nitrogens with one attached hydrogen (secondary N) is 2. The predicted molar refractivity (Wildman–Crippen MR) is 82.4 cm³/mol. The molecule has 1 aromatic carbocycles. The van der Waals surface area contributed by atoms with Crippen molar-refractivity contribution in [2.24, 2.45) is 0 Å². The summed E-state index contributed by atoms with van der Waals surface area (Å²) in [5, 5.41) is 18.5. The van der Waals surface area contributed by atoms with Crippen LogP contribution in [0.15, 0.2) is 41.1 Å². The molecule has 1 aromatic heterocycles. The van der Waals surface area contributed by atoms with Crippen LogP contribution in [0.5, 0.6) is 0 Å². The van der Waals surface area contributed by atoms with Crippen LogP contribution in [0, 0.1) is 0 Å². The van der Waals surface area contributed by atoms with Crippen molar-refractivity contribution in [1.82, 2.24) is 5.32 Å². The Bertz CT molecular complexity index is 627. The van der Waals surface area contributed by atoms with Gasteiger partial charge in [-0.05, 0) is 53.1 Å². The van der Waals surface area contributed by atoms with E-state index >= 15 is 0 Å². The summed E-state index contributed by atoms with van der Waals surface area (Å²) < 4.78 is 37.3. The first-order valence-corrected chi connectivity index (χ1v) is 7.73. The van der Waals surface area contributed by atoms with Crippen LogP contribution in [0.2, 0.25) is 0 Å². The summed E-state index contributed by atoms with van der Waals surface area (Å²) in [4.78, 5) is 11.6. The van der Waals surface area contributed by atoms with Crippen LogP contribution >= 0.6 is 11.3 Å². The highest BCUT2D eigenvalue weighted by Gasteiger charge is 2.29. The van der Waals surface area contributed by atoms with Crippen molar-refractivity contribution < 1.29 is 23.1 Å². The van der Waals surface area contributed by atoms with E-state index in [-0.39, 0.29) is 12.2 Å². The predicted octanol–water partition coefficient (Wildman–Crippen LogP) is 4.01. The number of aliphatic hydroxyl groups is 1. The van der Waals surface area contributed by atoms with Gasteiger partial charge in [0.25, 0.3) is 0 Å². The van der Waals surface area contributed by atoms with Gasteiger partial charge in [0.1, 0.15) is 0 Å². The molecule has 4 nitrogen and oxygen atoms in total. The fourth-order valence-corrected chi connectivity index (χ4v) is 2.58. The van der Waals surface area contributed by atoms with Crippen molar-refractivity contribution >= 4 is 23.1 Å². The molecule has 0 radical (unpaired) electrons. The molecule has 0 fully saturated rings. The second-order valence-corrected chi connectivity index (χ2v) is 5.60. The number of hydrogen-bond acceptors (Lipinski definition) is 3. The van der Waals surface area contributed by atoms with E-state index in [0.29, 0.717) is 6.42 Å². The van der Waals surface area contributed by atoms with Crippen LogP contribution in [-0.4, -0.2) is 17.7 Å². The zero-order chi connectivity index (χ0) is 16.9. The highest BCUT2D eigenvalue weighted by atomic mass is 32.1. The molecule has 0 aliphatic rings. The minimum absolute atomic E-state index is 0.240. The lowest BCUT2D eigenvalue weighted by Gasteiger charge is -2.11. The van der Waals surface area contributed by atoms with Crippen molar-refractivity contribution in [1.29, 1.82) is 0 Å². The number of rotatable bonds is 5. The Labute approximate surface area is 135 Å². The Morgan fingerprint density at radius 3 is 2.48 bits per heavy atom. The van der Waals surface area contributed by atoms with Gasteiger partial charge in [0.2, 0.25) is 0 Å². The molecule has 0 aliphatic heterocycles. The standard InChI is InChI=1S/C15H15F3N2O2S/c16-15(17,18)11-1-3-12(4-2-11)20-14(22)19-7-5-13(21)10-6-8-23-9-10/h1-4,6,8-9,13,21H,5,7H2,(H2,19,20,22). The van der Waals surface area contributed by atoms with Gasteiger partial charge in [-0.15, -0.1) is 0 Å². The SMILES string of the molecule is O=C(NCCC(O)c1ccsc1)Nc1ccc(C(F)(F)F)cc1. The van der Waals surface area contributed by atoms with Gasteiger partial charge >= 0.3 is 12.2 Å². The maximum atomic E-state index is 12.4. The molecule has 124 valence electrons. The summed E-state index contributed by atoms with van der Waals surface area (Å²) in [5.41, 5.74) is 0.274. The minimum Gasteiger partial charge on any atom is -0.388 e. The van der Waals surface area contributed by atoms with Crippen molar-refractivity contribution in [2.45, 2.75) is 18.7 Å². The van der Waals surface area contributed by atoms with E-state index in [2.05, 4.69) is 10.6 Å². The molecule has 0 saturated carbocycles. The highest BCUT2D eigenvalue weighted by molar-refractivity contribution is 7.07. The van der Waals surface area contributed by atoms with Crippen LogP contribution in [0.25, 0.3) is 0 Å². The van der Waals surface area contributed by atoms with Crippen LogP contribution in [-0.2, 0) is 6.18 Å². The van der Waals surface area contributed by atoms with Gasteiger partial charge in [-0.2, -0.15) is 24.5 Å². The molecular weight excluding hydrogens is 329 g/mol. The molecule has 1 unspecified atom stereocenters. The number of benzene rings is 1. The Balaban J connectivity index is 1.76. The second-order valence-electron chi connectivity index (χ2n) is 4.82. The molecule has 0 aliphatic carbocycles. The summed E-state index contributed by atoms with van der Waals surface area (Å²) in [6.45, 7) is 0.240. The van der Waals surface area contributed by atoms with Crippen molar-refractivity contribution in [2.75, 3.05) is 11.9 Å². The maximum absolute atomic E-state index is 12.4. The number of aliphatic hydroxyl groups excluding tert-OH is 1. The Hall–Kier alpha value is -2.06. The number of alkyl halides is 3. The maximum Gasteiger partial charge on any atom is 0.416 e. The summed E-state index contributed by atoms with van der Waals surface area (Å²) in [5.74, 6) is 0. The van der Waals surface area contributed by atoms with E-state index in [4.69, 9.17) is 0 Å². The first-order valence-electron chi connectivity index (χ1n) is 6.78. The molecule has 2 rings (SSSR count). The van der Waals surface area contributed by atoms with Gasteiger partial charge in [-0.1, -0.05) is 0 Å². The normalized spacial score (nSPS) is 12.7. The molecule has 0 spiro atoms. The van der Waals surface area contributed by atoms with E-state index in [9.17, 15) is 23.1 Å². The van der Waals surface area contributed by atoms with Crippen LogP contribution in [0.1, 0.15) is 23.7 Å².